The molecule has 1 aliphatic carbocycles. The van der Waals surface area contributed by atoms with Gasteiger partial charge in [0.1, 0.15) is 0 Å². The molecular weight excluding hydrogens is 290 g/mol. The van der Waals surface area contributed by atoms with Gasteiger partial charge in [-0.15, -0.1) is 0 Å². The van der Waals surface area contributed by atoms with Crippen molar-refractivity contribution >= 4 is 21.5 Å². The smallest absolute Gasteiger partial charge is 0.232 e. The Morgan fingerprint density at radius 1 is 1.33 bits per heavy atom. The number of amidine groups is 1. The normalized spacial score (nSPS) is 17.6. The van der Waals surface area contributed by atoms with Crippen LogP contribution in [0.25, 0.3) is 0 Å². The Hall–Kier alpha value is -1.76. The molecule has 2 rings (SSSR count). The molecule has 0 saturated heterocycles. The Kier molecular flexibility index (Phi) is 5.06. The van der Waals surface area contributed by atoms with Crippen LogP contribution in [0.4, 0.5) is 5.69 Å². The molecule has 0 unspecified atom stereocenters. The van der Waals surface area contributed by atoms with E-state index < -0.39 is 10.0 Å². The van der Waals surface area contributed by atoms with E-state index in [1.807, 2.05) is 0 Å². The fourth-order valence-corrected chi connectivity index (χ4v) is 4.21. The van der Waals surface area contributed by atoms with E-state index in [0.29, 0.717) is 11.3 Å². The van der Waals surface area contributed by atoms with Crippen molar-refractivity contribution in [2.45, 2.75) is 32.1 Å². The molecule has 116 valence electrons. The predicted octanol–water partition coefficient (Wildman–Crippen LogP) is 2.10. The SMILES string of the molecule is NC(=NO)c1cccc(NS(=O)(=O)CC2CCCCC2)c1. The highest BCUT2D eigenvalue weighted by atomic mass is 32.2. The van der Waals surface area contributed by atoms with Crippen LogP contribution in [0.3, 0.4) is 0 Å². The second-order valence-electron chi connectivity index (χ2n) is 5.45. The Balaban J connectivity index is 2.05. The second kappa shape index (κ2) is 6.80. The van der Waals surface area contributed by atoms with Crippen molar-refractivity contribution in [1.82, 2.24) is 0 Å². The molecule has 0 aromatic heterocycles. The molecule has 0 heterocycles. The molecule has 0 radical (unpaired) electrons. The van der Waals surface area contributed by atoms with Gasteiger partial charge in [0.15, 0.2) is 5.84 Å². The van der Waals surface area contributed by atoms with E-state index in [9.17, 15) is 8.42 Å². The number of hydrogen-bond donors (Lipinski definition) is 3. The summed E-state index contributed by atoms with van der Waals surface area (Å²) in [7, 11) is -3.38. The maximum absolute atomic E-state index is 12.2. The van der Waals surface area contributed by atoms with Crippen molar-refractivity contribution < 1.29 is 13.6 Å². The summed E-state index contributed by atoms with van der Waals surface area (Å²) in [6.45, 7) is 0. The summed E-state index contributed by atoms with van der Waals surface area (Å²) >= 11 is 0. The van der Waals surface area contributed by atoms with Crippen LogP contribution in [0.5, 0.6) is 0 Å². The standard InChI is InChI=1S/C14H21N3O3S/c15-14(16-18)12-7-4-8-13(9-12)17-21(19,20)10-11-5-2-1-3-6-11/h4,7-9,11,17-18H,1-3,5-6,10H2,(H2,15,16). The van der Waals surface area contributed by atoms with E-state index in [-0.39, 0.29) is 17.5 Å². The number of nitrogens with zero attached hydrogens (tertiary/aromatic N) is 1. The molecule has 0 spiro atoms. The highest BCUT2D eigenvalue weighted by Crippen LogP contribution is 2.25. The van der Waals surface area contributed by atoms with Gasteiger partial charge in [0.2, 0.25) is 10.0 Å². The van der Waals surface area contributed by atoms with Crippen LogP contribution in [0.15, 0.2) is 29.4 Å². The van der Waals surface area contributed by atoms with Crippen LogP contribution in [-0.2, 0) is 10.0 Å². The van der Waals surface area contributed by atoms with E-state index >= 15 is 0 Å². The molecule has 1 saturated carbocycles. The van der Waals surface area contributed by atoms with Gasteiger partial charge in [-0.05, 0) is 30.9 Å². The van der Waals surface area contributed by atoms with Crippen LogP contribution in [-0.4, -0.2) is 25.2 Å². The summed E-state index contributed by atoms with van der Waals surface area (Å²) in [6, 6.07) is 6.50. The number of anilines is 1. The lowest BCUT2D eigenvalue weighted by Crippen LogP contribution is -2.24. The summed E-state index contributed by atoms with van der Waals surface area (Å²) in [5.41, 5.74) is 6.39. The van der Waals surface area contributed by atoms with E-state index in [2.05, 4.69) is 9.88 Å². The van der Waals surface area contributed by atoms with Crippen LogP contribution >= 0.6 is 0 Å². The predicted molar refractivity (Wildman–Crippen MR) is 82.9 cm³/mol. The van der Waals surface area contributed by atoms with Crippen molar-refractivity contribution in [3.63, 3.8) is 0 Å². The summed E-state index contributed by atoms with van der Waals surface area (Å²) in [4.78, 5) is 0. The molecule has 1 fully saturated rings. The number of sulfonamides is 1. The Bertz CT molecular complexity index is 608. The van der Waals surface area contributed by atoms with Crippen LogP contribution in [0, 0.1) is 5.92 Å². The van der Waals surface area contributed by atoms with Crippen LogP contribution in [0.2, 0.25) is 0 Å². The zero-order valence-corrected chi connectivity index (χ0v) is 12.6. The number of oxime groups is 1. The van der Waals surface area contributed by atoms with E-state index in [1.54, 1.807) is 24.3 Å². The maximum Gasteiger partial charge on any atom is 0.232 e. The number of hydrogen-bond acceptors (Lipinski definition) is 4. The van der Waals surface area contributed by atoms with E-state index in [0.717, 1.165) is 25.7 Å². The first kappa shape index (κ1) is 15.6. The zero-order valence-electron chi connectivity index (χ0n) is 11.8. The highest BCUT2D eigenvalue weighted by Gasteiger charge is 2.21. The Morgan fingerprint density at radius 3 is 2.71 bits per heavy atom. The van der Waals surface area contributed by atoms with Gasteiger partial charge in [-0.25, -0.2) is 8.42 Å². The van der Waals surface area contributed by atoms with E-state index in [1.165, 1.54) is 6.42 Å². The van der Waals surface area contributed by atoms with Gasteiger partial charge < -0.3 is 10.9 Å². The monoisotopic (exact) mass is 311 g/mol. The lowest BCUT2D eigenvalue weighted by atomic mass is 9.91. The molecule has 1 aliphatic rings. The van der Waals surface area contributed by atoms with Gasteiger partial charge in [0.25, 0.3) is 0 Å². The summed E-state index contributed by atoms with van der Waals surface area (Å²) in [5.74, 6) is 0.340. The van der Waals surface area contributed by atoms with Crippen LogP contribution in [0.1, 0.15) is 37.7 Å². The topological polar surface area (TPSA) is 105 Å². The third-order valence-electron chi connectivity index (χ3n) is 3.72. The quantitative estimate of drug-likeness (QED) is 0.335. The first-order valence-corrected chi connectivity index (χ1v) is 8.74. The van der Waals surface area contributed by atoms with Gasteiger partial charge in [0, 0.05) is 11.3 Å². The molecule has 4 N–H and O–H groups in total. The molecule has 1 aromatic rings. The molecule has 0 amide bonds. The molecule has 0 atom stereocenters. The number of benzene rings is 1. The van der Waals surface area contributed by atoms with Crippen molar-refractivity contribution in [2.24, 2.45) is 16.8 Å². The second-order valence-corrected chi connectivity index (χ2v) is 7.22. The van der Waals surface area contributed by atoms with E-state index in [4.69, 9.17) is 10.9 Å². The van der Waals surface area contributed by atoms with Crippen molar-refractivity contribution in [1.29, 1.82) is 0 Å². The molecule has 6 nitrogen and oxygen atoms in total. The summed E-state index contributed by atoms with van der Waals surface area (Å²) < 4.78 is 27.0. The number of nitrogens with one attached hydrogen (secondary N) is 1. The van der Waals surface area contributed by atoms with Crippen molar-refractivity contribution in [3.8, 4) is 0 Å². The summed E-state index contributed by atoms with van der Waals surface area (Å²) in [6.07, 6.45) is 5.38. The molecular formula is C14H21N3O3S. The van der Waals surface area contributed by atoms with Gasteiger partial charge >= 0.3 is 0 Å². The number of rotatable bonds is 5. The summed E-state index contributed by atoms with van der Waals surface area (Å²) in [5, 5.41) is 11.6. The van der Waals surface area contributed by atoms with Crippen LogP contribution < -0.4 is 10.5 Å². The van der Waals surface area contributed by atoms with Crippen molar-refractivity contribution in [2.75, 3.05) is 10.5 Å². The molecule has 0 bridgehead atoms. The fraction of sp³-hybridized carbons (Fsp3) is 0.500. The molecule has 1 aromatic carbocycles. The zero-order chi connectivity index (χ0) is 15.3. The maximum atomic E-state index is 12.2. The lowest BCUT2D eigenvalue weighted by molar-refractivity contribution is 0.318. The highest BCUT2D eigenvalue weighted by molar-refractivity contribution is 7.92. The minimum Gasteiger partial charge on any atom is -0.409 e. The average molecular weight is 311 g/mol. The molecule has 21 heavy (non-hydrogen) atoms. The minimum atomic E-state index is -3.38. The van der Waals surface area contributed by atoms with Gasteiger partial charge in [0.05, 0.1) is 5.75 Å². The largest absolute Gasteiger partial charge is 0.409 e. The van der Waals surface area contributed by atoms with Crippen molar-refractivity contribution in [3.05, 3.63) is 29.8 Å². The Labute approximate surface area is 125 Å². The third kappa shape index (κ3) is 4.63. The first-order valence-electron chi connectivity index (χ1n) is 7.08. The third-order valence-corrected chi connectivity index (χ3v) is 5.18. The van der Waals surface area contributed by atoms with Gasteiger partial charge in [-0.2, -0.15) is 0 Å². The minimum absolute atomic E-state index is 0.0525. The van der Waals surface area contributed by atoms with Gasteiger partial charge in [-0.1, -0.05) is 36.6 Å². The van der Waals surface area contributed by atoms with Gasteiger partial charge in [-0.3, -0.25) is 4.72 Å². The average Bonchev–Trinajstić information content (AvgIpc) is 2.46. The Morgan fingerprint density at radius 2 is 2.05 bits per heavy atom. The molecule has 7 heteroatoms. The number of nitrogens with two attached hydrogens (primary N) is 1. The lowest BCUT2D eigenvalue weighted by Gasteiger charge is -2.21. The first-order chi connectivity index (χ1) is 10.00. The molecule has 0 aliphatic heterocycles. The fourth-order valence-electron chi connectivity index (χ4n) is 2.69.